The minimum atomic E-state index is 0.164. The van der Waals surface area contributed by atoms with Crippen LogP contribution in [0.1, 0.15) is 0 Å². The van der Waals surface area contributed by atoms with E-state index in [1.54, 1.807) is 6.07 Å². The molecule has 0 aliphatic rings. The molecule has 0 saturated heterocycles. The minimum absolute atomic E-state index is 0.164. The molecule has 0 aliphatic carbocycles. The largest absolute Gasteiger partial charge is 0.383 e. The van der Waals surface area contributed by atoms with Crippen LogP contribution in [-0.4, -0.2) is 36.9 Å². The molecule has 0 fully saturated rings. The van der Waals surface area contributed by atoms with E-state index >= 15 is 0 Å². The molecule has 33 heavy (non-hydrogen) atoms. The highest BCUT2D eigenvalue weighted by Crippen LogP contribution is 2.39. The molecule has 0 spiro atoms. The van der Waals surface area contributed by atoms with Crippen molar-refractivity contribution in [2.45, 2.75) is 6.54 Å². The van der Waals surface area contributed by atoms with Gasteiger partial charge in [0, 0.05) is 52.2 Å². The number of guanidine groups is 1. The molecule has 170 valence electrons. The summed E-state index contributed by atoms with van der Waals surface area (Å²) in [5, 5.41) is 7.28. The summed E-state index contributed by atoms with van der Waals surface area (Å²) < 4.78 is 2.21. The third-order valence-electron chi connectivity index (χ3n) is 5.41. The Bertz CT molecular complexity index is 1380. The number of nitrogens with zero attached hydrogens (tertiary/aromatic N) is 3. The third kappa shape index (κ3) is 4.80. The van der Waals surface area contributed by atoms with E-state index in [2.05, 4.69) is 38.7 Å². The monoisotopic (exact) mass is 500 g/mol. The Morgan fingerprint density at radius 1 is 0.970 bits per heavy atom. The van der Waals surface area contributed by atoms with Gasteiger partial charge < -0.3 is 21.4 Å². The van der Waals surface area contributed by atoms with Gasteiger partial charge >= 0.3 is 0 Å². The number of hydrogen-bond donors (Lipinski definition) is 3. The maximum absolute atomic E-state index is 6.34. The summed E-state index contributed by atoms with van der Waals surface area (Å²) in [6, 6.07) is 15.8. The molecule has 4 aromatic rings. The van der Waals surface area contributed by atoms with Gasteiger partial charge in [-0.2, -0.15) is 0 Å². The molecule has 0 amide bonds. The molecule has 0 radical (unpaired) electrons. The number of rotatable bonds is 7. The number of hydrogen-bond acceptors (Lipinski definition) is 3. The van der Waals surface area contributed by atoms with Gasteiger partial charge in [-0.15, -0.1) is 0 Å². The molecular weight excluding hydrogens is 479 g/mol. The zero-order valence-corrected chi connectivity index (χ0v) is 20.1. The maximum atomic E-state index is 6.34. The molecule has 1 aromatic heterocycles. The summed E-state index contributed by atoms with van der Waals surface area (Å²) >= 11 is 18.8. The normalized spacial score (nSPS) is 11.9. The third-order valence-corrected chi connectivity index (χ3v) is 6.39. The lowest BCUT2D eigenvalue weighted by Gasteiger charge is -2.14. The van der Waals surface area contributed by atoms with E-state index in [-0.39, 0.29) is 5.96 Å². The SMILES string of the molecule is C=NC(N)=NCCNc1cc2c(cc1-c1ccc(Cl)c(Cl)c1)c1cc(Cl)ccc1n2CCN. The average Bonchev–Trinajstić information content (AvgIpc) is 3.10. The lowest BCUT2D eigenvalue weighted by Crippen LogP contribution is -2.12. The number of fused-ring (bicyclic) bond motifs is 3. The van der Waals surface area contributed by atoms with Crippen LogP contribution in [0.5, 0.6) is 0 Å². The lowest BCUT2D eigenvalue weighted by molar-refractivity contribution is 0.758. The molecule has 3 aromatic carbocycles. The summed E-state index contributed by atoms with van der Waals surface area (Å²) in [5.74, 6) is 0.164. The lowest BCUT2D eigenvalue weighted by atomic mass is 10.00. The van der Waals surface area contributed by atoms with E-state index in [0.29, 0.717) is 41.2 Å². The molecule has 5 N–H and O–H groups in total. The fourth-order valence-electron chi connectivity index (χ4n) is 3.95. The van der Waals surface area contributed by atoms with Crippen LogP contribution in [0, 0.1) is 0 Å². The van der Waals surface area contributed by atoms with Gasteiger partial charge in [0.05, 0.1) is 22.1 Å². The van der Waals surface area contributed by atoms with Gasteiger partial charge in [-0.3, -0.25) is 0 Å². The fraction of sp³-hybridized carbons (Fsp3) is 0.167. The van der Waals surface area contributed by atoms with E-state index in [0.717, 1.165) is 38.6 Å². The predicted molar refractivity (Wildman–Crippen MR) is 143 cm³/mol. The van der Waals surface area contributed by atoms with Crippen LogP contribution < -0.4 is 16.8 Å². The van der Waals surface area contributed by atoms with Gasteiger partial charge in [-0.1, -0.05) is 40.9 Å². The van der Waals surface area contributed by atoms with E-state index in [1.807, 2.05) is 30.3 Å². The average molecular weight is 502 g/mol. The summed E-state index contributed by atoms with van der Waals surface area (Å²) in [7, 11) is 0. The van der Waals surface area contributed by atoms with Crippen LogP contribution in [0.15, 0.2) is 58.5 Å². The van der Waals surface area contributed by atoms with Gasteiger partial charge in [0.15, 0.2) is 0 Å². The van der Waals surface area contributed by atoms with Crippen LogP contribution in [0.25, 0.3) is 32.9 Å². The molecule has 0 atom stereocenters. The van der Waals surface area contributed by atoms with E-state index in [1.165, 1.54) is 0 Å². The molecular formula is C24H23Cl3N6. The maximum Gasteiger partial charge on any atom is 0.214 e. The van der Waals surface area contributed by atoms with Gasteiger partial charge in [0.2, 0.25) is 5.96 Å². The van der Waals surface area contributed by atoms with Crippen molar-refractivity contribution in [2.75, 3.05) is 25.0 Å². The topological polar surface area (TPSA) is 93.7 Å². The Hall–Kier alpha value is -2.77. The number of anilines is 1. The number of nitrogens with one attached hydrogen (secondary N) is 1. The Kier molecular flexibility index (Phi) is 7.10. The van der Waals surface area contributed by atoms with E-state index in [9.17, 15) is 0 Å². The van der Waals surface area contributed by atoms with Crippen molar-refractivity contribution >= 4 is 75.0 Å². The summed E-state index contributed by atoms with van der Waals surface area (Å²) in [5.41, 5.74) is 16.5. The number of aromatic nitrogens is 1. The van der Waals surface area contributed by atoms with Crippen molar-refractivity contribution < 1.29 is 0 Å². The van der Waals surface area contributed by atoms with E-state index in [4.69, 9.17) is 46.3 Å². The fourth-order valence-corrected chi connectivity index (χ4v) is 4.42. The quantitative estimate of drug-likeness (QED) is 0.169. The Labute approximate surface area is 206 Å². The van der Waals surface area contributed by atoms with Crippen molar-refractivity contribution in [3.8, 4) is 11.1 Å². The van der Waals surface area contributed by atoms with Crippen molar-refractivity contribution in [3.05, 3.63) is 63.6 Å². The molecule has 1 heterocycles. The first-order valence-electron chi connectivity index (χ1n) is 10.3. The molecule has 6 nitrogen and oxygen atoms in total. The molecule has 9 heteroatoms. The number of aliphatic imine (C=N–C) groups is 2. The summed E-state index contributed by atoms with van der Waals surface area (Å²) in [6.45, 7) is 5.58. The Balaban J connectivity index is 1.91. The first-order valence-corrected chi connectivity index (χ1v) is 11.5. The molecule has 0 bridgehead atoms. The Morgan fingerprint density at radius 3 is 2.48 bits per heavy atom. The second-order valence-electron chi connectivity index (χ2n) is 7.47. The van der Waals surface area contributed by atoms with E-state index < -0.39 is 0 Å². The van der Waals surface area contributed by atoms with Crippen LogP contribution in [0.3, 0.4) is 0 Å². The molecule has 4 rings (SSSR count). The highest BCUT2D eigenvalue weighted by atomic mass is 35.5. The first-order chi connectivity index (χ1) is 15.9. The van der Waals surface area contributed by atoms with Gasteiger partial charge in [-0.25, -0.2) is 9.98 Å². The van der Waals surface area contributed by atoms with Gasteiger partial charge in [-0.05, 0) is 54.7 Å². The number of benzene rings is 3. The Morgan fingerprint density at radius 2 is 1.76 bits per heavy atom. The smallest absolute Gasteiger partial charge is 0.214 e. The van der Waals surface area contributed by atoms with Crippen molar-refractivity contribution in [3.63, 3.8) is 0 Å². The second-order valence-corrected chi connectivity index (χ2v) is 8.72. The van der Waals surface area contributed by atoms with Gasteiger partial charge in [0.25, 0.3) is 0 Å². The zero-order chi connectivity index (χ0) is 23.5. The zero-order valence-electron chi connectivity index (χ0n) is 17.8. The highest BCUT2D eigenvalue weighted by Gasteiger charge is 2.16. The van der Waals surface area contributed by atoms with Crippen LogP contribution in [0.2, 0.25) is 15.1 Å². The standard InChI is InChI=1S/C24H23Cl3N6/c1-30-24(29)32-8-7-31-21-13-23-18(12-16(21)14-2-4-19(26)20(27)10-14)17-11-15(25)3-5-22(17)33(23)9-6-28/h2-5,10-13,31H,1,6-9,28H2,(H2,29,32). The molecule has 0 unspecified atom stereocenters. The van der Waals surface area contributed by atoms with Crippen LogP contribution >= 0.6 is 34.8 Å². The summed E-state index contributed by atoms with van der Waals surface area (Å²) in [6.07, 6.45) is 0. The molecule has 0 aliphatic heterocycles. The van der Waals surface area contributed by atoms with Crippen LogP contribution in [0.4, 0.5) is 5.69 Å². The second kappa shape index (κ2) is 10.0. The summed E-state index contributed by atoms with van der Waals surface area (Å²) in [4.78, 5) is 7.78. The number of halogens is 3. The van der Waals surface area contributed by atoms with Crippen molar-refractivity contribution in [1.82, 2.24) is 4.57 Å². The molecule has 0 saturated carbocycles. The highest BCUT2D eigenvalue weighted by molar-refractivity contribution is 6.42. The van der Waals surface area contributed by atoms with Crippen molar-refractivity contribution in [1.29, 1.82) is 0 Å². The van der Waals surface area contributed by atoms with Gasteiger partial charge in [0.1, 0.15) is 0 Å². The van der Waals surface area contributed by atoms with Crippen LogP contribution in [-0.2, 0) is 6.54 Å². The van der Waals surface area contributed by atoms with Crippen molar-refractivity contribution in [2.24, 2.45) is 21.5 Å². The number of nitrogens with two attached hydrogens (primary N) is 2. The predicted octanol–water partition coefficient (Wildman–Crippen LogP) is 5.81. The minimum Gasteiger partial charge on any atom is -0.383 e. The first kappa shape index (κ1) is 23.4.